The third kappa shape index (κ3) is 15.1. The van der Waals surface area contributed by atoms with Crippen LogP contribution in [0.3, 0.4) is 0 Å². The van der Waals surface area contributed by atoms with Crippen molar-refractivity contribution in [1.29, 1.82) is 0 Å². The number of methoxy groups -OCH3 is 2. The summed E-state index contributed by atoms with van der Waals surface area (Å²) in [4.78, 5) is 0. The zero-order valence-corrected chi connectivity index (χ0v) is 18.8. The minimum Gasteiger partial charge on any atom is -0.382 e. The Hall–Kier alpha value is 1.44. The van der Waals surface area contributed by atoms with Crippen molar-refractivity contribution in [2.24, 2.45) is 10.8 Å². The minimum absolute atomic E-state index is 0. The van der Waals surface area contributed by atoms with E-state index >= 15 is 0 Å². The fourth-order valence-electron chi connectivity index (χ4n) is 1.91. The van der Waals surface area contributed by atoms with Crippen LogP contribution in [0.2, 0.25) is 0 Å². The van der Waals surface area contributed by atoms with E-state index in [0.29, 0.717) is 24.0 Å². The fraction of sp³-hybridized carbons (Fsp3) is 0.545. The molecule has 0 atom stereocenters. The van der Waals surface area contributed by atoms with Crippen LogP contribution < -0.4 is 0 Å². The van der Waals surface area contributed by atoms with Gasteiger partial charge in [0.25, 0.3) is 0 Å². The van der Waals surface area contributed by atoms with Crippen LogP contribution in [0.15, 0.2) is 0 Å². The summed E-state index contributed by atoms with van der Waals surface area (Å²) < 4.78 is 9.31. The molecule has 3 heteroatoms. The number of rotatable bonds is 3. The first-order valence-corrected chi connectivity index (χ1v) is 8.55. The van der Waals surface area contributed by atoms with Gasteiger partial charge >= 0.3 is 0 Å². The van der Waals surface area contributed by atoms with Crippen LogP contribution >= 0.6 is 0 Å². The molecule has 2 aliphatic carbocycles. The molecule has 0 N–H and O–H groups in total. The quantitative estimate of drug-likeness (QED) is 0.494. The number of hydrogen-bond acceptors (Lipinski definition) is 2. The summed E-state index contributed by atoms with van der Waals surface area (Å²) in [6, 6.07) is 0. The van der Waals surface area contributed by atoms with Gasteiger partial charge in [-0.15, -0.1) is 0 Å². The van der Waals surface area contributed by atoms with E-state index in [2.05, 4.69) is 102 Å². The van der Waals surface area contributed by atoms with E-state index in [1.165, 1.54) is 11.8 Å². The molecule has 10 radical (unpaired) electrons. The smallest absolute Gasteiger partial charge is 0.0696 e. The average Bonchev–Trinajstić information content (AvgIpc) is 3.16. The molecule has 2 nitrogen and oxygen atoms in total. The molecule has 0 heterocycles. The molecule has 0 aromatic heterocycles. The van der Waals surface area contributed by atoms with E-state index < -0.39 is 0 Å². The van der Waals surface area contributed by atoms with Crippen molar-refractivity contribution in [1.82, 2.24) is 0 Å². The summed E-state index contributed by atoms with van der Waals surface area (Å²) in [6.07, 6.45) is 17.0. The van der Waals surface area contributed by atoms with Gasteiger partial charge in [-0.3, -0.25) is 0 Å². The Bertz CT molecular complexity index is 249. The fourth-order valence-corrected chi connectivity index (χ4v) is 1.91. The van der Waals surface area contributed by atoms with Gasteiger partial charge in [0, 0.05) is 61.1 Å². The molecular formula is C22H36O2Yb. The first-order chi connectivity index (χ1) is 11.1. The standard InChI is InChI=1S/2C9H13.C4H10O2.Yb/c2*1-9(2,3)8-6-4-5-7-8;1-5-3-4-6-2;/h2*4-7H,1-3H3;3-4H2,1-2H3;. The largest absolute Gasteiger partial charge is 0.382 e. The van der Waals surface area contributed by atoms with Gasteiger partial charge in [-0.1, -0.05) is 41.5 Å². The molecule has 150 valence electrons. The molecule has 0 bridgehead atoms. The summed E-state index contributed by atoms with van der Waals surface area (Å²) in [6.45, 7) is 14.7. The first kappa shape index (κ1) is 28.6. The van der Waals surface area contributed by atoms with Crippen LogP contribution in [0.5, 0.6) is 0 Å². The van der Waals surface area contributed by atoms with Crippen molar-refractivity contribution in [3.63, 3.8) is 0 Å². The minimum atomic E-state index is 0. The van der Waals surface area contributed by atoms with E-state index in [1.807, 2.05) is 0 Å². The zero-order valence-electron chi connectivity index (χ0n) is 17.1. The topological polar surface area (TPSA) is 18.5 Å². The molecule has 0 saturated heterocycles. The third-order valence-electron chi connectivity index (χ3n) is 3.55. The van der Waals surface area contributed by atoms with Crippen molar-refractivity contribution in [3.05, 3.63) is 63.2 Å². The second kappa shape index (κ2) is 15.4. The summed E-state index contributed by atoms with van der Waals surface area (Å²) in [5.74, 6) is 2.84. The molecule has 2 rings (SSSR count). The maximum Gasteiger partial charge on any atom is 0.0696 e. The average molecular weight is 506 g/mol. The molecular weight excluding hydrogens is 469 g/mol. The molecule has 2 saturated carbocycles. The monoisotopic (exact) mass is 506 g/mol. The normalized spacial score (nSPS) is 18.7. The van der Waals surface area contributed by atoms with Crippen LogP contribution in [0.25, 0.3) is 0 Å². The predicted octanol–water partition coefficient (Wildman–Crippen LogP) is 5.15. The van der Waals surface area contributed by atoms with Crippen molar-refractivity contribution in [2.45, 2.75) is 41.5 Å². The van der Waals surface area contributed by atoms with E-state index in [0.717, 1.165) is 0 Å². The Morgan fingerprint density at radius 2 is 0.840 bits per heavy atom. The number of hydrogen-bond donors (Lipinski definition) is 0. The Labute approximate surface area is 197 Å². The SMILES string of the molecule is CC(C)(C)[C]1[CH][CH][CH][CH]1.CC(C)(C)[C]1[CH][CH][CH][CH]1.COCCOC.[Yb]. The summed E-state index contributed by atoms with van der Waals surface area (Å²) >= 11 is 0. The van der Waals surface area contributed by atoms with Gasteiger partial charge in [0.15, 0.2) is 0 Å². The molecule has 25 heavy (non-hydrogen) atoms. The summed E-state index contributed by atoms with van der Waals surface area (Å²) in [5.41, 5.74) is 0.646. The Morgan fingerprint density at radius 1 is 0.600 bits per heavy atom. The van der Waals surface area contributed by atoms with E-state index in [4.69, 9.17) is 0 Å². The molecule has 2 aliphatic rings. The van der Waals surface area contributed by atoms with Crippen molar-refractivity contribution in [2.75, 3.05) is 27.4 Å². The van der Waals surface area contributed by atoms with Gasteiger partial charge < -0.3 is 9.47 Å². The van der Waals surface area contributed by atoms with Crippen molar-refractivity contribution >= 4 is 0 Å². The van der Waals surface area contributed by atoms with Crippen LogP contribution in [-0.2, 0) is 9.47 Å². The van der Waals surface area contributed by atoms with Gasteiger partial charge in [-0.25, -0.2) is 0 Å². The van der Waals surface area contributed by atoms with Gasteiger partial charge in [0.05, 0.1) is 13.2 Å². The van der Waals surface area contributed by atoms with Crippen molar-refractivity contribution in [3.8, 4) is 0 Å². The Kier molecular flexibility index (Phi) is 17.6. The van der Waals surface area contributed by atoms with Crippen LogP contribution in [0.4, 0.5) is 0 Å². The van der Waals surface area contributed by atoms with E-state index in [9.17, 15) is 0 Å². The predicted molar refractivity (Wildman–Crippen MR) is 104 cm³/mol. The van der Waals surface area contributed by atoms with Crippen molar-refractivity contribution < 1.29 is 56.4 Å². The van der Waals surface area contributed by atoms with Crippen LogP contribution in [0, 0.1) is 121 Å². The van der Waals surface area contributed by atoms with Crippen LogP contribution in [-0.4, -0.2) is 27.4 Å². The second-order valence-electron chi connectivity index (χ2n) is 7.83. The van der Waals surface area contributed by atoms with Crippen LogP contribution in [0.1, 0.15) is 41.5 Å². The first-order valence-electron chi connectivity index (χ1n) is 8.55. The molecule has 0 unspecified atom stereocenters. The molecule has 0 aromatic carbocycles. The molecule has 0 aliphatic heterocycles. The maximum absolute atomic E-state index is 4.66. The third-order valence-corrected chi connectivity index (χ3v) is 3.55. The number of ether oxygens (including phenoxy) is 2. The molecule has 0 amide bonds. The van der Waals surface area contributed by atoms with Gasteiger partial charge in [0.2, 0.25) is 0 Å². The summed E-state index contributed by atoms with van der Waals surface area (Å²) in [5, 5.41) is 0. The maximum atomic E-state index is 4.66. The zero-order chi connectivity index (χ0) is 18.6. The van der Waals surface area contributed by atoms with E-state index in [-0.39, 0.29) is 46.9 Å². The Morgan fingerprint density at radius 3 is 0.960 bits per heavy atom. The van der Waals surface area contributed by atoms with Gasteiger partial charge in [0.1, 0.15) is 0 Å². The molecule has 0 spiro atoms. The Balaban J connectivity index is 0. The van der Waals surface area contributed by atoms with Gasteiger partial charge in [-0.05, 0) is 74.0 Å². The molecule has 2 fully saturated rings. The summed E-state index contributed by atoms with van der Waals surface area (Å²) in [7, 11) is 3.30. The molecule has 0 aromatic rings. The van der Waals surface area contributed by atoms with Gasteiger partial charge in [-0.2, -0.15) is 0 Å². The van der Waals surface area contributed by atoms with E-state index in [1.54, 1.807) is 14.2 Å². The second-order valence-corrected chi connectivity index (χ2v) is 7.83.